The minimum Gasteiger partial charge on any atom is -0.477 e. The number of urea groups is 2. The molecule has 3 aliphatic rings. The highest BCUT2D eigenvalue weighted by molar-refractivity contribution is 8.00. The summed E-state index contributed by atoms with van der Waals surface area (Å²) < 4.78 is 4.90. The molecule has 14 heteroatoms. The number of benzene rings is 1. The summed E-state index contributed by atoms with van der Waals surface area (Å²) in [5.74, 6) is -2.76. The Balaban J connectivity index is 1.40. The summed E-state index contributed by atoms with van der Waals surface area (Å²) in [5, 5.41) is 16.8. The normalized spacial score (nSPS) is 20.8. The quantitative estimate of drug-likeness (QED) is 0.289. The van der Waals surface area contributed by atoms with Crippen LogP contribution in [0, 0.1) is 0 Å². The molecule has 0 radical (unpaired) electrons. The van der Waals surface area contributed by atoms with Crippen LogP contribution in [0.1, 0.15) is 12.5 Å². The number of amides is 6. The van der Waals surface area contributed by atoms with Crippen molar-refractivity contribution in [2.45, 2.75) is 24.8 Å². The molecule has 4 N–H and O–H groups in total. The van der Waals surface area contributed by atoms with Gasteiger partial charge >= 0.3 is 24.0 Å². The first-order valence-electron chi connectivity index (χ1n) is 10.9. The molecular formula is C22H23N5O8S. The molecule has 190 valence electrons. The Kier molecular flexibility index (Phi) is 7.15. The first kappa shape index (κ1) is 25.0. The van der Waals surface area contributed by atoms with Crippen molar-refractivity contribution in [3.8, 4) is 0 Å². The van der Waals surface area contributed by atoms with Crippen LogP contribution in [0.25, 0.3) is 0 Å². The minimum absolute atomic E-state index is 0.164. The molecule has 6 amide bonds. The fraction of sp³-hybridized carbons (Fsp3) is 0.364. The van der Waals surface area contributed by atoms with Gasteiger partial charge in [0.2, 0.25) is 5.91 Å². The van der Waals surface area contributed by atoms with E-state index in [1.165, 1.54) is 18.7 Å². The SMILES string of the molecule is CC(=O)OCC1=C(C(=O)O)N2C(=O)C(NC(=O)Cc3ccccc3NC(=O)N3CCNC3=O)[C@H]2SC1. The van der Waals surface area contributed by atoms with E-state index < -0.39 is 47.2 Å². The van der Waals surface area contributed by atoms with Crippen molar-refractivity contribution in [2.75, 3.05) is 30.8 Å². The van der Waals surface area contributed by atoms with Gasteiger partial charge in [0, 0.05) is 37.0 Å². The predicted molar refractivity (Wildman–Crippen MR) is 126 cm³/mol. The van der Waals surface area contributed by atoms with Crippen LogP contribution in [0.3, 0.4) is 0 Å². The second-order valence-electron chi connectivity index (χ2n) is 8.14. The van der Waals surface area contributed by atoms with E-state index in [4.69, 9.17) is 4.74 Å². The van der Waals surface area contributed by atoms with Gasteiger partial charge in [0.1, 0.15) is 23.7 Å². The third-order valence-electron chi connectivity index (χ3n) is 5.73. The third-order valence-corrected chi connectivity index (χ3v) is 7.07. The van der Waals surface area contributed by atoms with E-state index in [1.54, 1.807) is 24.3 Å². The van der Waals surface area contributed by atoms with Gasteiger partial charge in [-0.2, -0.15) is 0 Å². The van der Waals surface area contributed by atoms with Crippen LogP contribution in [0.15, 0.2) is 35.5 Å². The van der Waals surface area contributed by atoms with Gasteiger partial charge < -0.3 is 25.8 Å². The zero-order valence-electron chi connectivity index (χ0n) is 19.1. The zero-order chi connectivity index (χ0) is 26.0. The first-order chi connectivity index (χ1) is 17.2. The summed E-state index contributed by atoms with van der Waals surface area (Å²) in [7, 11) is 0. The fourth-order valence-corrected chi connectivity index (χ4v) is 5.35. The smallest absolute Gasteiger partial charge is 0.352 e. The van der Waals surface area contributed by atoms with Crippen molar-refractivity contribution in [3.05, 3.63) is 41.1 Å². The Morgan fingerprint density at radius 1 is 1.22 bits per heavy atom. The molecule has 0 saturated carbocycles. The van der Waals surface area contributed by atoms with Crippen LogP contribution < -0.4 is 16.0 Å². The highest BCUT2D eigenvalue weighted by atomic mass is 32.2. The van der Waals surface area contributed by atoms with Gasteiger partial charge in [0.05, 0.1) is 6.42 Å². The van der Waals surface area contributed by atoms with Crippen molar-refractivity contribution in [1.29, 1.82) is 0 Å². The number of β-lactam (4-membered cyclic amide) rings is 1. The number of fused-ring (bicyclic) bond motifs is 1. The summed E-state index contributed by atoms with van der Waals surface area (Å²) in [4.78, 5) is 74.7. The lowest BCUT2D eigenvalue weighted by Gasteiger charge is -2.49. The van der Waals surface area contributed by atoms with Crippen LogP contribution in [-0.2, 0) is 30.3 Å². The molecule has 13 nitrogen and oxygen atoms in total. The summed E-state index contributed by atoms with van der Waals surface area (Å²) >= 11 is 1.26. The van der Waals surface area contributed by atoms with Crippen LogP contribution in [0.5, 0.6) is 0 Å². The van der Waals surface area contributed by atoms with Crippen LogP contribution in [0.4, 0.5) is 15.3 Å². The zero-order valence-corrected chi connectivity index (χ0v) is 19.9. The van der Waals surface area contributed by atoms with Crippen molar-refractivity contribution in [1.82, 2.24) is 20.4 Å². The number of nitrogens with zero attached hydrogens (tertiary/aromatic N) is 2. The molecule has 0 spiro atoms. The summed E-state index contributed by atoms with van der Waals surface area (Å²) in [6, 6.07) is 4.52. The van der Waals surface area contributed by atoms with E-state index in [0.29, 0.717) is 23.4 Å². The van der Waals surface area contributed by atoms with Crippen molar-refractivity contribution in [2.24, 2.45) is 0 Å². The lowest BCUT2D eigenvalue weighted by atomic mass is 10.0. The highest BCUT2D eigenvalue weighted by Gasteiger charge is 2.54. The minimum atomic E-state index is -1.32. The number of nitrogens with one attached hydrogen (secondary N) is 3. The Bertz CT molecular complexity index is 1180. The number of rotatable bonds is 7. The molecule has 2 atom stereocenters. The maximum atomic E-state index is 12.8. The number of aliphatic carboxylic acids is 1. The summed E-state index contributed by atoms with van der Waals surface area (Å²) in [5.41, 5.74) is 0.873. The topological polar surface area (TPSA) is 174 Å². The van der Waals surface area contributed by atoms with Crippen molar-refractivity contribution in [3.63, 3.8) is 0 Å². The number of hydrogen-bond donors (Lipinski definition) is 4. The van der Waals surface area contributed by atoms with Crippen LogP contribution in [0.2, 0.25) is 0 Å². The molecular weight excluding hydrogens is 494 g/mol. The predicted octanol–water partition coefficient (Wildman–Crippen LogP) is 0.0879. The fourth-order valence-electron chi connectivity index (χ4n) is 4.03. The molecule has 1 aromatic rings. The van der Waals surface area contributed by atoms with Crippen LogP contribution in [-0.4, -0.2) is 87.6 Å². The second-order valence-corrected chi connectivity index (χ2v) is 9.25. The van der Waals surface area contributed by atoms with E-state index in [9.17, 15) is 33.9 Å². The molecule has 2 fully saturated rings. The number of imide groups is 1. The largest absolute Gasteiger partial charge is 0.477 e. The Morgan fingerprint density at radius 3 is 2.64 bits per heavy atom. The summed E-state index contributed by atoms with van der Waals surface area (Å²) in [6.45, 7) is 1.54. The molecule has 2 saturated heterocycles. The number of carbonyl (C=O) groups excluding carboxylic acids is 5. The van der Waals surface area contributed by atoms with Gasteiger partial charge in [-0.15, -0.1) is 11.8 Å². The number of thioether (sulfide) groups is 1. The van der Waals surface area contributed by atoms with E-state index in [0.717, 1.165) is 9.80 Å². The maximum Gasteiger partial charge on any atom is 0.352 e. The molecule has 1 unspecified atom stereocenters. The average Bonchev–Trinajstić information content (AvgIpc) is 3.27. The number of carboxylic acid groups (broad SMARTS) is 1. The number of carbonyl (C=O) groups is 6. The molecule has 4 rings (SSSR count). The number of hydrogen-bond acceptors (Lipinski definition) is 8. The van der Waals surface area contributed by atoms with E-state index in [1.807, 2.05) is 0 Å². The van der Waals surface area contributed by atoms with E-state index >= 15 is 0 Å². The Labute approximate surface area is 209 Å². The van der Waals surface area contributed by atoms with Gasteiger partial charge in [-0.05, 0) is 11.6 Å². The van der Waals surface area contributed by atoms with Gasteiger partial charge in [-0.25, -0.2) is 19.3 Å². The Morgan fingerprint density at radius 2 is 1.97 bits per heavy atom. The molecule has 0 aliphatic carbocycles. The van der Waals surface area contributed by atoms with Crippen molar-refractivity contribution < 1.29 is 38.6 Å². The molecule has 3 heterocycles. The molecule has 3 aliphatic heterocycles. The lowest BCUT2D eigenvalue weighted by molar-refractivity contribution is -0.151. The van der Waals surface area contributed by atoms with Crippen LogP contribution >= 0.6 is 11.8 Å². The van der Waals surface area contributed by atoms with Crippen molar-refractivity contribution >= 4 is 53.3 Å². The maximum absolute atomic E-state index is 12.8. The van der Waals surface area contributed by atoms with E-state index in [-0.39, 0.29) is 31.0 Å². The summed E-state index contributed by atoms with van der Waals surface area (Å²) in [6.07, 6.45) is -0.164. The highest BCUT2D eigenvalue weighted by Crippen LogP contribution is 2.40. The number of anilines is 1. The van der Waals surface area contributed by atoms with Gasteiger partial charge in [-0.1, -0.05) is 18.2 Å². The number of para-hydroxylation sites is 1. The third kappa shape index (κ3) is 4.98. The molecule has 1 aromatic carbocycles. The lowest BCUT2D eigenvalue weighted by Crippen LogP contribution is -2.70. The molecule has 36 heavy (non-hydrogen) atoms. The average molecular weight is 518 g/mol. The molecule has 0 bridgehead atoms. The second kappa shape index (κ2) is 10.3. The van der Waals surface area contributed by atoms with Gasteiger partial charge in [-0.3, -0.25) is 19.3 Å². The van der Waals surface area contributed by atoms with E-state index in [2.05, 4.69) is 16.0 Å². The first-order valence-corrected chi connectivity index (χ1v) is 12.0. The Hall–Kier alpha value is -4.07. The number of carboxylic acids is 1. The van der Waals surface area contributed by atoms with Gasteiger partial charge in [0.25, 0.3) is 5.91 Å². The molecule has 0 aromatic heterocycles. The number of esters is 1. The standard InChI is InChI=1S/C22H23N5O8S/c1-11(28)35-9-13-10-36-19-16(18(30)27(19)17(13)20(31)32)25-15(29)8-12-4-2-3-5-14(12)24-22(34)26-7-6-23-21(26)33/h2-5,16,19H,6-10H2,1H3,(H,23,33)(H,24,34)(H,25,29)(H,31,32)/t16?,19-/m1/s1. The monoisotopic (exact) mass is 517 g/mol. The number of ether oxygens (including phenoxy) is 1. The van der Waals surface area contributed by atoms with Gasteiger partial charge in [0.15, 0.2) is 0 Å².